The van der Waals surface area contributed by atoms with Crippen LogP contribution >= 0.6 is 0 Å². The number of anilines is 1. The number of rotatable bonds is 6. The van der Waals surface area contributed by atoms with Crippen molar-refractivity contribution in [2.24, 2.45) is 5.73 Å². The van der Waals surface area contributed by atoms with Gasteiger partial charge in [-0.1, -0.05) is 0 Å². The highest BCUT2D eigenvalue weighted by Gasteiger charge is 2.45. The molecule has 0 heterocycles. The molecule has 1 fully saturated rings. The van der Waals surface area contributed by atoms with E-state index in [0.717, 1.165) is 19.2 Å². The Kier molecular flexibility index (Phi) is 8.96. The summed E-state index contributed by atoms with van der Waals surface area (Å²) < 4.78 is 178. The fraction of sp³-hybridized carbons (Fsp3) is 0.103. The van der Waals surface area contributed by atoms with Crippen LogP contribution in [0, 0.1) is 92.5 Å². The molecule has 0 radical (unpaired) electrons. The van der Waals surface area contributed by atoms with Gasteiger partial charge in [-0.05, 0) is 7.05 Å². The normalized spacial score (nSPS) is 15.7. The van der Waals surface area contributed by atoms with Crippen LogP contribution < -0.4 is 22.1 Å². The topological polar surface area (TPSA) is 124 Å². The Morgan fingerprint density at radius 1 is 0.596 bits per heavy atom. The molecule has 4 rings (SSSR count). The molecule has 0 saturated heterocycles. The lowest BCUT2D eigenvalue weighted by atomic mass is 10.00. The average molecular weight is 674 g/mol. The number of nitrogens with zero attached hydrogens (tertiary/aromatic N) is 2. The van der Waals surface area contributed by atoms with Crippen molar-refractivity contribution in [1.82, 2.24) is 10.6 Å². The summed E-state index contributed by atoms with van der Waals surface area (Å²) in [6, 6.07) is 1.97. The number of nitriles is 2. The fourth-order valence-electron chi connectivity index (χ4n) is 4.76. The van der Waals surface area contributed by atoms with E-state index in [1.807, 2.05) is 0 Å². The van der Waals surface area contributed by atoms with Crippen LogP contribution in [0.1, 0.15) is 27.8 Å². The molecule has 6 nitrogen and oxygen atoms in total. The molecule has 18 heteroatoms. The van der Waals surface area contributed by atoms with Crippen molar-refractivity contribution in [3.8, 4) is 12.1 Å². The number of halogens is 12. The molecule has 0 aliphatic heterocycles. The Balaban J connectivity index is 2.29. The number of hydrogen-bond donors (Lipinski definition) is 4. The minimum Gasteiger partial charge on any atom is -0.398 e. The number of nitrogen functional groups attached to an aromatic ring is 1. The number of nitrogens with one attached hydrogen (secondary N) is 2. The first-order valence-electron chi connectivity index (χ1n) is 12.5. The van der Waals surface area contributed by atoms with E-state index in [2.05, 4.69) is 10.6 Å². The van der Waals surface area contributed by atoms with Crippen LogP contribution in [-0.4, -0.2) is 14.1 Å². The summed E-state index contributed by atoms with van der Waals surface area (Å²) >= 11 is 0. The third kappa shape index (κ3) is 4.97. The zero-order valence-corrected chi connectivity index (χ0v) is 23.3. The second-order valence-electron chi connectivity index (χ2n) is 9.45. The van der Waals surface area contributed by atoms with E-state index in [-0.39, 0.29) is 0 Å². The third-order valence-corrected chi connectivity index (χ3v) is 6.97. The van der Waals surface area contributed by atoms with E-state index in [1.54, 1.807) is 0 Å². The summed E-state index contributed by atoms with van der Waals surface area (Å²) in [6.07, 6.45) is 0. The number of allylic oxidation sites excluding steroid dienone is 4. The van der Waals surface area contributed by atoms with Gasteiger partial charge in [-0.2, -0.15) is 10.5 Å². The minimum atomic E-state index is -2.38. The van der Waals surface area contributed by atoms with Crippen molar-refractivity contribution in [1.29, 1.82) is 10.5 Å². The van der Waals surface area contributed by atoms with Gasteiger partial charge >= 0.3 is 0 Å². The van der Waals surface area contributed by atoms with Gasteiger partial charge in [0.15, 0.2) is 69.8 Å². The lowest BCUT2D eigenvalue weighted by Gasteiger charge is -2.14. The SMILES string of the molecule is CNCc1c(F)c(F)c(/C(NC)=C2\C(=C(N)c3c(F)c(F)c(N)c(F)c3F)\C2=C(/C#N)c2c(F)c(F)c(C#N)c(F)c2F)c(F)c1F. The maximum Gasteiger partial charge on any atom is 0.185 e. The van der Waals surface area contributed by atoms with Crippen LogP contribution in [-0.2, 0) is 6.54 Å². The molecule has 0 bridgehead atoms. The van der Waals surface area contributed by atoms with Gasteiger partial charge in [0.2, 0.25) is 0 Å². The maximum absolute atomic E-state index is 15.3. The van der Waals surface area contributed by atoms with Crippen molar-refractivity contribution < 1.29 is 52.7 Å². The summed E-state index contributed by atoms with van der Waals surface area (Å²) in [5, 5.41) is 23.1. The predicted octanol–water partition coefficient (Wildman–Crippen LogP) is 5.82. The summed E-state index contributed by atoms with van der Waals surface area (Å²) in [6.45, 7) is -0.750. The first-order chi connectivity index (χ1) is 22.0. The van der Waals surface area contributed by atoms with Crippen LogP contribution in [0.3, 0.4) is 0 Å². The molecule has 0 atom stereocenters. The number of nitrogens with two attached hydrogens (primary N) is 2. The monoisotopic (exact) mass is 674 g/mol. The molecule has 0 unspecified atom stereocenters. The summed E-state index contributed by atoms with van der Waals surface area (Å²) in [5.74, 6) is -26.6. The lowest BCUT2D eigenvalue weighted by Crippen LogP contribution is -2.17. The molecule has 0 amide bonds. The van der Waals surface area contributed by atoms with Crippen molar-refractivity contribution in [3.63, 3.8) is 0 Å². The first-order valence-corrected chi connectivity index (χ1v) is 12.5. The number of hydrogen-bond acceptors (Lipinski definition) is 6. The van der Waals surface area contributed by atoms with Gasteiger partial charge < -0.3 is 22.1 Å². The Morgan fingerprint density at radius 2 is 1.04 bits per heavy atom. The van der Waals surface area contributed by atoms with E-state index < -0.39 is 144 Å². The standard InChI is InChI=1S/C29H14F12N6/c1-46-5-8-17(32)23(38)14(24(39)18(8)33)29(47-2)12-9(6(3-42)10-19(34)15(30)7(4-43)16(31)20(10)35)11(12)27(44)13-21(36)25(40)28(45)26(41)22(13)37/h46-47H,5,44-45H2,1-2H3/b9-6-,27-11?,29-12+. The maximum atomic E-state index is 15.3. The molecule has 3 aromatic rings. The first kappa shape index (κ1) is 34.3. The number of benzene rings is 3. The Morgan fingerprint density at radius 3 is 1.45 bits per heavy atom. The molecule has 3 aromatic carbocycles. The molecular formula is C29H14F12N6. The van der Waals surface area contributed by atoms with E-state index in [0.29, 0.717) is 0 Å². The molecule has 1 aliphatic rings. The second kappa shape index (κ2) is 12.3. The zero-order valence-electron chi connectivity index (χ0n) is 23.3. The van der Waals surface area contributed by atoms with Crippen molar-refractivity contribution in [2.75, 3.05) is 19.8 Å². The fourth-order valence-corrected chi connectivity index (χ4v) is 4.76. The Labute approximate surface area is 255 Å². The van der Waals surface area contributed by atoms with Crippen LogP contribution in [0.5, 0.6) is 0 Å². The van der Waals surface area contributed by atoms with Gasteiger partial charge in [0, 0.05) is 35.9 Å². The molecule has 47 heavy (non-hydrogen) atoms. The summed E-state index contributed by atoms with van der Waals surface area (Å²) in [7, 11) is 2.00. The van der Waals surface area contributed by atoms with E-state index in [4.69, 9.17) is 16.7 Å². The summed E-state index contributed by atoms with van der Waals surface area (Å²) in [5.41, 5.74) is -6.44. The average Bonchev–Trinajstić information content (AvgIpc) is 3.78. The van der Waals surface area contributed by atoms with Gasteiger partial charge in [-0.15, -0.1) is 0 Å². The van der Waals surface area contributed by atoms with Crippen molar-refractivity contribution in [3.05, 3.63) is 114 Å². The van der Waals surface area contributed by atoms with Gasteiger partial charge in [-0.25, -0.2) is 52.7 Å². The van der Waals surface area contributed by atoms with Crippen molar-refractivity contribution in [2.45, 2.75) is 6.54 Å². The van der Waals surface area contributed by atoms with Crippen LogP contribution in [0.25, 0.3) is 17.0 Å². The molecule has 1 aliphatic carbocycles. The smallest absolute Gasteiger partial charge is 0.185 e. The molecule has 1 saturated carbocycles. The second-order valence-corrected chi connectivity index (χ2v) is 9.45. The quantitative estimate of drug-likeness (QED) is 0.113. The van der Waals surface area contributed by atoms with Gasteiger partial charge in [0.25, 0.3) is 0 Å². The molecule has 0 spiro atoms. The minimum absolute atomic E-state index is 0.750. The van der Waals surface area contributed by atoms with Crippen LogP contribution in [0.2, 0.25) is 0 Å². The van der Waals surface area contributed by atoms with E-state index in [1.165, 1.54) is 7.05 Å². The zero-order chi connectivity index (χ0) is 35.4. The van der Waals surface area contributed by atoms with E-state index >= 15 is 17.6 Å². The molecule has 0 aromatic heterocycles. The largest absolute Gasteiger partial charge is 0.398 e. The predicted molar refractivity (Wildman–Crippen MR) is 140 cm³/mol. The highest BCUT2D eigenvalue weighted by molar-refractivity contribution is 6.08. The van der Waals surface area contributed by atoms with Crippen LogP contribution in [0.15, 0.2) is 16.7 Å². The van der Waals surface area contributed by atoms with Crippen molar-refractivity contribution >= 4 is 22.7 Å². The van der Waals surface area contributed by atoms with Crippen LogP contribution in [0.4, 0.5) is 58.4 Å². The Hall–Kier alpha value is -5.62. The molecule has 244 valence electrons. The van der Waals surface area contributed by atoms with Gasteiger partial charge in [0.05, 0.1) is 33.7 Å². The third-order valence-electron chi connectivity index (χ3n) is 6.97. The van der Waals surface area contributed by atoms with Gasteiger partial charge in [0.1, 0.15) is 23.4 Å². The molecule has 6 N–H and O–H groups in total. The van der Waals surface area contributed by atoms with E-state index in [9.17, 15) is 40.4 Å². The lowest BCUT2D eigenvalue weighted by molar-refractivity contribution is 0.431. The van der Waals surface area contributed by atoms with Gasteiger partial charge in [-0.3, -0.25) is 0 Å². The highest BCUT2D eigenvalue weighted by Crippen LogP contribution is 2.56. The summed E-state index contributed by atoms with van der Waals surface area (Å²) in [4.78, 5) is 0. The molecular weight excluding hydrogens is 660 g/mol. The Bertz CT molecular complexity index is 2020. The highest BCUT2D eigenvalue weighted by atomic mass is 19.2.